The number of rotatable bonds is 6. The highest BCUT2D eigenvalue weighted by atomic mass is 79.9. The summed E-state index contributed by atoms with van der Waals surface area (Å²) < 4.78 is 1.13. The summed E-state index contributed by atoms with van der Waals surface area (Å²) in [5, 5.41) is 6.92. The maximum atomic E-state index is 6.36. The fourth-order valence-electron chi connectivity index (χ4n) is 2.06. The van der Waals surface area contributed by atoms with Gasteiger partial charge in [-0.1, -0.05) is 42.3 Å². The van der Waals surface area contributed by atoms with Crippen molar-refractivity contribution in [1.29, 1.82) is 0 Å². The first-order valence-corrected chi connectivity index (χ1v) is 8.95. The number of hydrogen-bond acceptors (Lipinski definition) is 2. The molecule has 1 N–H and O–H groups in total. The van der Waals surface area contributed by atoms with Crippen LogP contribution in [0.1, 0.15) is 29.8 Å². The summed E-state index contributed by atoms with van der Waals surface area (Å²) in [6.45, 7) is 3.12. The quantitative estimate of drug-likeness (QED) is 0.625. The van der Waals surface area contributed by atoms with Crippen molar-refractivity contribution in [2.45, 2.75) is 25.8 Å². The van der Waals surface area contributed by atoms with Gasteiger partial charge in [0.05, 0.1) is 10.0 Å². The van der Waals surface area contributed by atoms with Crippen LogP contribution in [0.15, 0.2) is 34.1 Å². The molecule has 0 fully saturated rings. The number of thiophene rings is 1. The lowest BCUT2D eigenvalue weighted by atomic mass is 10.0. The second-order valence-electron chi connectivity index (χ2n) is 4.59. The van der Waals surface area contributed by atoms with Crippen molar-refractivity contribution in [3.05, 3.63) is 54.6 Å². The van der Waals surface area contributed by atoms with E-state index in [1.807, 2.05) is 18.2 Å². The summed E-state index contributed by atoms with van der Waals surface area (Å²) in [7, 11) is 0. The average Bonchev–Trinajstić information content (AvgIpc) is 2.83. The molecule has 0 spiro atoms. The highest BCUT2D eigenvalue weighted by Gasteiger charge is 2.17. The standard InChI is InChI=1S/C15H16BrCl2NS/c1-2-6-19-14(8-11-7-10(16)9-20-11)12-4-3-5-13(17)15(12)18/h3-5,7,9,14,19H,2,6,8H2,1H3. The van der Waals surface area contributed by atoms with Gasteiger partial charge in [0, 0.05) is 27.2 Å². The van der Waals surface area contributed by atoms with Crippen molar-refractivity contribution in [2.75, 3.05) is 6.54 Å². The van der Waals surface area contributed by atoms with E-state index in [2.05, 4.69) is 39.6 Å². The SMILES string of the molecule is CCCNC(Cc1cc(Br)cs1)c1cccc(Cl)c1Cl. The number of halogens is 3. The summed E-state index contributed by atoms with van der Waals surface area (Å²) in [6, 6.07) is 8.17. The molecule has 1 aromatic heterocycles. The summed E-state index contributed by atoms with van der Waals surface area (Å²) in [5.41, 5.74) is 1.07. The lowest BCUT2D eigenvalue weighted by molar-refractivity contribution is 0.532. The molecule has 0 aliphatic carbocycles. The van der Waals surface area contributed by atoms with Crippen LogP contribution in [0.5, 0.6) is 0 Å². The van der Waals surface area contributed by atoms with Gasteiger partial charge in [-0.25, -0.2) is 0 Å². The van der Waals surface area contributed by atoms with Crippen LogP contribution in [-0.2, 0) is 6.42 Å². The van der Waals surface area contributed by atoms with E-state index in [1.54, 1.807) is 11.3 Å². The Morgan fingerprint density at radius 1 is 1.35 bits per heavy atom. The van der Waals surface area contributed by atoms with Gasteiger partial charge >= 0.3 is 0 Å². The topological polar surface area (TPSA) is 12.0 Å². The van der Waals surface area contributed by atoms with Crippen LogP contribution < -0.4 is 5.32 Å². The molecule has 1 unspecified atom stereocenters. The first kappa shape index (κ1) is 16.3. The molecule has 108 valence electrons. The van der Waals surface area contributed by atoms with Gasteiger partial charge in [-0.05, 0) is 46.6 Å². The van der Waals surface area contributed by atoms with E-state index < -0.39 is 0 Å². The zero-order valence-corrected chi connectivity index (χ0v) is 15.0. The molecule has 5 heteroatoms. The molecule has 0 bridgehead atoms. The van der Waals surface area contributed by atoms with E-state index in [9.17, 15) is 0 Å². The van der Waals surface area contributed by atoms with E-state index in [-0.39, 0.29) is 6.04 Å². The monoisotopic (exact) mass is 391 g/mol. The largest absolute Gasteiger partial charge is 0.310 e. The molecule has 0 saturated carbocycles. The van der Waals surface area contributed by atoms with Gasteiger partial charge in [0.15, 0.2) is 0 Å². The molecule has 2 rings (SSSR count). The molecular formula is C15H16BrCl2NS. The summed E-state index contributed by atoms with van der Waals surface area (Å²) in [5.74, 6) is 0. The molecule has 0 amide bonds. The zero-order valence-electron chi connectivity index (χ0n) is 11.1. The van der Waals surface area contributed by atoms with Gasteiger partial charge in [-0.15, -0.1) is 11.3 Å². The Hall–Kier alpha value is -0.0600. The van der Waals surface area contributed by atoms with Crippen LogP contribution in [0.25, 0.3) is 0 Å². The third-order valence-corrected chi connectivity index (χ3v) is 5.58. The Bertz CT molecular complexity index is 571. The highest BCUT2D eigenvalue weighted by Crippen LogP contribution is 2.33. The van der Waals surface area contributed by atoms with Gasteiger partial charge in [-0.2, -0.15) is 0 Å². The first-order chi connectivity index (χ1) is 9.61. The fourth-order valence-corrected chi connectivity index (χ4v) is 4.00. The normalized spacial score (nSPS) is 12.6. The van der Waals surface area contributed by atoms with Crippen LogP contribution in [0, 0.1) is 0 Å². The average molecular weight is 393 g/mol. The van der Waals surface area contributed by atoms with Crippen LogP contribution >= 0.6 is 50.5 Å². The minimum absolute atomic E-state index is 0.187. The first-order valence-electron chi connectivity index (χ1n) is 6.52. The molecule has 2 aromatic rings. The van der Waals surface area contributed by atoms with Crippen molar-refractivity contribution < 1.29 is 0 Å². The van der Waals surface area contributed by atoms with Gasteiger partial charge in [0.2, 0.25) is 0 Å². The Balaban J connectivity index is 2.24. The van der Waals surface area contributed by atoms with E-state index in [0.717, 1.165) is 29.4 Å². The van der Waals surface area contributed by atoms with Crippen LogP contribution in [0.4, 0.5) is 0 Å². The summed E-state index contributed by atoms with van der Waals surface area (Å²) in [6.07, 6.45) is 2.00. The van der Waals surface area contributed by atoms with Gasteiger partial charge in [-0.3, -0.25) is 0 Å². The third-order valence-electron chi connectivity index (χ3n) is 3.02. The maximum absolute atomic E-state index is 6.36. The minimum Gasteiger partial charge on any atom is -0.310 e. The molecule has 1 heterocycles. The smallest absolute Gasteiger partial charge is 0.0640 e. The number of hydrogen-bond donors (Lipinski definition) is 1. The van der Waals surface area contributed by atoms with Crippen molar-refractivity contribution in [3.8, 4) is 0 Å². The van der Waals surface area contributed by atoms with E-state index >= 15 is 0 Å². The molecule has 0 saturated heterocycles. The van der Waals surface area contributed by atoms with Gasteiger partial charge < -0.3 is 5.32 Å². The van der Waals surface area contributed by atoms with Crippen molar-refractivity contribution in [2.24, 2.45) is 0 Å². The predicted octanol–water partition coefficient (Wildman–Crippen LogP) is 6.10. The minimum atomic E-state index is 0.187. The molecule has 1 aromatic carbocycles. The summed E-state index contributed by atoms with van der Waals surface area (Å²) >= 11 is 17.7. The molecular weight excluding hydrogens is 377 g/mol. The lowest BCUT2D eigenvalue weighted by Crippen LogP contribution is -2.24. The second kappa shape index (κ2) is 7.81. The second-order valence-corrected chi connectivity index (χ2v) is 7.28. The zero-order chi connectivity index (χ0) is 14.5. The van der Waals surface area contributed by atoms with E-state index in [4.69, 9.17) is 23.2 Å². The molecule has 0 radical (unpaired) electrons. The Labute approximate surface area is 142 Å². The van der Waals surface area contributed by atoms with Crippen LogP contribution in [-0.4, -0.2) is 6.54 Å². The number of nitrogens with one attached hydrogen (secondary N) is 1. The van der Waals surface area contributed by atoms with Gasteiger partial charge in [0.25, 0.3) is 0 Å². The number of benzene rings is 1. The predicted molar refractivity (Wildman–Crippen MR) is 93.2 cm³/mol. The molecule has 0 aliphatic heterocycles. The maximum Gasteiger partial charge on any atom is 0.0640 e. The van der Waals surface area contributed by atoms with Crippen LogP contribution in [0.3, 0.4) is 0 Å². The molecule has 20 heavy (non-hydrogen) atoms. The Kier molecular flexibility index (Phi) is 6.37. The molecule has 0 aliphatic rings. The van der Waals surface area contributed by atoms with E-state index in [1.165, 1.54) is 4.88 Å². The van der Waals surface area contributed by atoms with Crippen molar-refractivity contribution in [3.63, 3.8) is 0 Å². The molecule has 1 atom stereocenters. The van der Waals surface area contributed by atoms with Crippen molar-refractivity contribution in [1.82, 2.24) is 5.32 Å². The molecule has 1 nitrogen and oxygen atoms in total. The van der Waals surface area contributed by atoms with E-state index in [0.29, 0.717) is 10.0 Å². The highest BCUT2D eigenvalue weighted by molar-refractivity contribution is 9.10. The lowest BCUT2D eigenvalue weighted by Gasteiger charge is -2.20. The fraction of sp³-hybridized carbons (Fsp3) is 0.333. The Morgan fingerprint density at radius 3 is 2.80 bits per heavy atom. The summed E-state index contributed by atoms with van der Waals surface area (Å²) in [4.78, 5) is 1.32. The van der Waals surface area contributed by atoms with Crippen LogP contribution in [0.2, 0.25) is 10.0 Å². The Morgan fingerprint density at radius 2 is 2.15 bits per heavy atom. The van der Waals surface area contributed by atoms with Crippen molar-refractivity contribution >= 4 is 50.5 Å². The third kappa shape index (κ3) is 4.22. The van der Waals surface area contributed by atoms with Gasteiger partial charge in [0.1, 0.15) is 0 Å².